The molecule has 0 unspecified atom stereocenters. The van der Waals surface area contributed by atoms with Gasteiger partial charge in [0.2, 0.25) is 5.91 Å². The summed E-state index contributed by atoms with van der Waals surface area (Å²) in [7, 11) is 0. The van der Waals surface area contributed by atoms with Crippen LogP contribution in [0.15, 0.2) is 0 Å². The minimum Gasteiger partial charge on any atom is -0.340 e. The molecular weight excluding hydrogens is 254 g/mol. The van der Waals surface area contributed by atoms with Crippen molar-refractivity contribution >= 4 is 5.91 Å². The van der Waals surface area contributed by atoms with Crippen molar-refractivity contribution in [1.82, 2.24) is 25.0 Å². The Labute approximate surface area is 119 Å². The summed E-state index contributed by atoms with van der Waals surface area (Å²) in [6.07, 6.45) is 4.27. The SMILES string of the molecule is CCc1n[nH]c(CN2CCN(C(=O)C3CCC3)CC2)n1. The zero-order chi connectivity index (χ0) is 13.9. The summed E-state index contributed by atoms with van der Waals surface area (Å²) in [5, 5.41) is 7.15. The highest BCUT2D eigenvalue weighted by Gasteiger charge is 2.31. The topological polar surface area (TPSA) is 65.1 Å². The summed E-state index contributed by atoms with van der Waals surface area (Å²) in [5.74, 6) is 2.51. The van der Waals surface area contributed by atoms with E-state index in [1.54, 1.807) is 0 Å². The zero-order valence-electron chi connectivity index (χ0n) is 12.1. The van der Waals surface area contributed by atoms with Gasteiger partial charge in [0.15, 0.2) is 0 Å². The van der Waals surface area contributed by atoms with Crippen LogP contribution < -0.4 is 0 Å². The second-order valence-corrected chi connectivity index (χ2v) is 5.78. The Balaban J connectivity index is 1.47. The Morgan fingerprint density at radius 3 is 2.60 bits per heavy atom. The maximum Gasteiger partial charge on any atom is 0.225 e. The lowest BCUT2D eigenvalue weighted by molar-refractivity contribution is -0.140. The minimum atomic E-state index is 0.322. The van der Waals surface area contributed by atoms with E-state index in [0.717, 1.165) is 63.6 Å². The minimum absolute atomic E-state index is 0.322. The first-order chi connectivity index (χ1) is 9.76. The molecule has 1 N–H and O–H groups in total. The van der Waals surface area contributed by atoms with Gasteiger partial charge in [-0.15, -0.1) is 0 Å². The van der Waals surface area contributed by atoms with Gasteiger partial charge in [-0.05, 0) is 12.8 Å². The lowest BCUT2D eigenvalue weighted by Gasteiger charge is -2.37. The number of aryl methyl sites for hydroxylation is 1. The number of hydrogen-bond acceptors (Lipinski definition) is 4. The molecular formula is C14H23N5O. The molecule has 3 rings (SSSR count). The number of H-pyrrole nitrogens is 1. The van der Waals surface area contributed by atoms with Crippen molar-refractivity contribution in [3.8, 4) is 0 Å². The Morgan fingerprint density at radius 2 is 2.05 bits per heavy atom. The van der Waals surface area contributed by atoms with E-state index in [1.165, 1.54) is 6.42 Å². The number of piperazine rings is 1. The molecule has 0 radical (unpaired) electrons. The van der Waals surface area contributed by atoms with Crippen molar-refractivity contribution in [3.05, 3.63) is 11.6 Å². The summed E-state index contributed by atoms with van der Waals surface area (Å²) >= 11 is 0. The molecule has 1 aliphatic heterocycles. The largest absolute Gasteiger partial charge is 0.340 e. The summed E-state index contributed by atoms with van der Waals surface area (Å²) in [6, 6.07) is 0. The Bertz CT molecular complexity index is 460. The number of rotatable bonds is 4. The van der Waals surface area contributed by atoms with Crippen LogP contribution in [0, 0.1) is 5.92 Å². The third kappa shape index (κ3) is 2.85. The summed E-state index contributed by atoms with van der Waals surface area (Å²) in [6.45, 7) is 6.42. The van der Waals surface area contributed by atoms with E-state index >= 15 is 0 Å². The van der Waals surface area contributed by atoms with Gasteiger partial charge in [0, 0.05) is 38.5 Å². The van der Waals surface area contributed by atoms with Gasteiger partial charge in [0.05, 0.1) is 6.54 Å². The average molecular weight is 277 g/mol. The maximum absolute atomic E-state index is 12.2. The van der Waals surface area contributed by atoms with Crippen LogP contribution in [0.5, 0.6) is 0 Å². The molecule has 1 aromatic rings. The Morgan fingerprint density at radius 1 is 1.30 bits per heavy atom. The Kier molecular flexibility index (Phi) is 4.00. The van der Waals surface area contributed by atoms with E-state index in [1.807, 2.05) is 4.90 Å². The van der Waals surface area contributed by atoms with Crippen molar-refractivity contribution in [3.63, 3.8) is 0 Å². The van der Waals surface area contributed by atoms with Crippen LogP contribution in [0.1, 0.15) is 37.8 Å². The molecule has 20 heavy (non-hydrogen) atoms. The van der Waals surface area contributed by atoms with E-state index in [2.05, 4.69) is 27.0 Å². The molecule has 2 fully saturated rings. The van der Waals surface area contributed by atoms with Crippen LogP contribution in [0.25, 0.3) is 0 Å². The second-order valence-electron chi connectivity index (χ2n) is 5.78. The molecule has 110 valence electrons. The highest BCUT2D eigenvalue weighted by molar-refractivity contribution is 5.79. The highest BCUT2D eigenvalue weighted by atomic mass is 16.2. The number of nitrogens with zero attached hydrogens (tertiary/aromatic N) is 4. The molecule has 0 spiro atoms. The van der Waals surface area contributed by atoms with Crippen LogP contribution in [0.4, 0.5) is 0 Å². The molecule has 1 saturated carbocycles. The van der Waals surface area contributed by atoms with E-state index in [-0.39, 0.29) is 0 Å². The number of carbonyl (C=O) groups excluding carboxylic acids is 1. The van der Waals surface area contributed by atoms with Gasteiger partial charge in [-0.25, -0.2) is 4.98 Å². The highest BCUT2D eigenvalue weighted by Crippen LogP contribution is 2.28. The molecule has 0 aromatic carbocycles. The first kappa shape index (κ1) is 13.5. The third-order valence-corrected chi connectivity index (χ3v) is 4.41. The lowest BCUT2D eigenvalue weighted by Crippen LogP contribution is -2.50. The first-order valence-corrected chi connectivity index (χ1v) is 7.67. The molecule has 0 bridgehead atoms. The number of aromatic nitrogens is 3. The van der Waals surface area contributed by atoms with Crippen LogP contribution in [-0.2, 0) is 17.8 Å². The third-order valence-electron chi connectivity index (χ3n) is 4.41. The van der Waals surface area contributed by atoms with E-state index in [9.17, 15) is 4.79 Å². The van der Waals surface area contributed by atoms with Crippen molar-refractivity contribution in [2.24, 2.45) is 5.92 Å². The quantitative estimate of drug-likeness (QED) is 0.884. The molecule has 2 heterocycles. The van der Waals surface area contributed by atoms with Gasteiger partial charge >= 0.3 is 0 Å². The number of hydrogen-bond donors (Lipinski definition) is 1. The fourth-order valence-corrected chi connectivity index (χ4v) is 2.82. The zero-order valence-corrected chi connectivity index (χ0v) is 12.1. The number of nitrogens with one attached hydrogen (secondary N) is 1. The summed E-state index contributed by atoms with van der Waals surface area (Å²) < 4.78 is 0. The summed E-state index contributed by atoms with van der Waals surface area (Å²) in [4.78, 5) is 21.0. The predicted molar refractivity (Wildman–Crippen MR) is 75.0 cm³/mol. The molecule has 0 atom stereocenters. The van der Waals surface area contributed by atoms with Gasteiger partial charge in [-0.2, -0.15) is 5.10 Å². The molecule has 1 amide bonds. The fourth-order valence-electron chi connectivity index (χ4n) is 2.82. The molecule has 1 aliphatic carbocycles. The molecule has 2 aliphatic rings. The van der Waals surface area contributed by atoms with Crippen molar-refractivity contribution in [1.29, 1.82) is 0 Å². The van der Waals surface area contributed by atoms with Gasteiger partial charge in [0.25, 0.3) is 0 Å². The standard InChI is InChI=1S/C14H23N5O/c1-2-12-15-13(17-16-12)10-18-6-8-19(9-7-18)14(20)11-4-3-5-11/h11H,2-10H2,1H3,(H,15,16,17). The molecule has 1 saturated heterocycles. The summed E-state index contributed by atoms with van der Waals surface area (Å²) in [5.41, 5.74) is 0. The van der Waals surface area contributed by atoms with Gasteiger partial charge in [-0.3, -0.25) is 14.8 Å². The van der Waals surface area contributed by atoms with Crippen molar-refractivity contribution in [2.45, 2.75) is 39.2 Å². The average Bonchev–Trinajstić information content (AvgIpc) is 2.85. The maximum atomic E-state index is 12.2. The first-order valence-electron chi connectivity index (χ1n) is 7.67. The van der Waals surface area contributed by atoms with Crippen LogP contribution in [0.3, 0.4) is 0 Å². The predicted octanol–water partition coefficient (Wildman–Crippen LogP) is 0.811. The van der Waals surface area contributed by atoms with Crippen molar-refractivity contribution < 1.29 is 4.79 Å². The lowest BCUT2D eigenvalue weighted by atomic mass is 9.84. The molecule has 1 aromatic heterocycles. The van der Waals surface area contributed by atoms with Crippen molar-refractivity contribution in [2.75, 3.05) is 26.2 Å². The van der Waals surface area contributed by atoms with E-state index in [0.29, 0.717) is 11.8 Å². The van der Waals surface area contributed by atoms with Crippen LogP contribution in [0.2, 0.25) is 0 Å². The fraction of sp³-hybridized carbons (Fsp3) is 0.786. The Hall–Kier alpha value is -1.43. The molecule has 6 nitrogen and oxygen atoms in total. The normalized spacial score (nSPS) is 20.9. The van der Waals surface area contributed by atoms with Gasteiger partial charge in [0.1, 0.15) is 11.6 Å². The molecule has 6 heteroatoms. The monoisotopic (exact) mass is 277 g/mol. The smallest absolute Gasteiger partial charge is 0.225 e. The number of aromatic amines is 1. The van der Waals surface area contributed by atoms with Crippen LogP contribution >= 0.6 is 0 Å². The number of amides is 1. The number of carbonyl (C=O) groups is 1. The van der Waals surface area contributed by atoms with Crippen LogP contribution in [-0.4, -0.2) is 57.1 Å². The van der Waals surface area contributed by atoms with Gasteiger partial charge in [-0.1, -0.05) is 13.3 Å². The van der Waals surface area contributed by atoms with Gasteiger partial charge < -0.3 is 4.90 Å². The van der Waals surface area contributed by atoms with E-state index in [4.69, 9.17) is 0 Å². The van der Waals surface area contributed by atoms with E-state index < -0.39 is 0 Å². The second kappa shape index (κ2) is 5.91.